The zero-order chi connectivity index (χ0) is 28.5. The van der Waals surface area contributed by atoms with Gasteiger partial charge >= 0.3 is 0 Å². The second-order valence-electron chi connectivity index (χ2n) is 12.3. The Kier molecular flexibility index (Phi) is 6.43. The molecule has 0 bridgehead atoms. The van der Waals surface area contributed by atoms with E-state index in [0.29, 0.717) is 35.5 Å². The molecule has 4 aliphatic carbocycles. The molecule has 40 heavy (non-hydrogen) atoms. The molecule has 8 heteroatoms. The molecule has 3 fully saturated rings. The minimum absolute atomic E-state index is 0.0500. The predicted octanol–water partition coefficient (Wildman–Crippen LogP) is 4.50. The van der Waals surface area contributed by atoms with Crippen molar-refractivity contribution in [3.8, 4) is 17.2 Å². The van der Waals surface area contributed by atoms with E-state index in [1.54, 1.807) is 11.8 Å². The minimum atomic E-state index is -1.16. The number of ketones is 2. The van der Waals surface area contributed by atoms with Gasteiger partial charge in [0.05, 0.1) is 31.5 Å². The normalized spacial score (nSPS) is 34.1. The lowest BCUT2D eigenvalue weighted by Gasteiger charge is -2.54. The smallest absolute Gasteiger partial charge is 0.233 e. The van der Waals surface area contributed by atoms with Crippen LogP contribution in [0.5, 0.6) is 17.2 Å². The number of aromatic hydroxyl groups is 1. The fraction of sp³-hybridized carbons (Fsp3) is 0.562. The van der Waals surface area contributed by atoms with E-state index in [2.05, 4.69) is 0 Å². The van der Waals surface area contributed by atoms with Crippen LogP contribution in [-0.4, -0.2) is 53.6 Å². The van der Waals surface area contributed by atoms with E-state index in [4.69, 9.17) is 9.47 Å². The molecule has 1 saturated heterocycles. The van der Waals surface area contributed by atoms with Gasteiger partial charge in [-0.2, -0.15) is 0 Å². The number of benzene rings is 1. The molecule has 1 aromatic rings. The number of ether oxygens (including phenoxy) is 2. The molecule has 212 valence electrons. The first-order valence-corrected chi connectivity index (χ1v) is 14.4. The second kappa shape index (κ2) is 9.60. The molecule has 1 aliphatic heterocycles. The zero-order valence-electron chi connectivity index (χ0n) is 23.6. The van der Waals surface area contributed by atoms with E-state index in [1.165, 1.54) is 32.4 Å². The summed E-state index contributed by atoms with van der Waals surface area (Å²) in [6, 6.07) is 2.91. The molecule has 8 nitrogen and oxygen atoms in total. The third kappa shape index (κ3) is 3.63. The summed E-state index contributed by atoms with van der Waals surface area (Å²) < 4.78 is 11.5. The highest BCUT2D eigenvalue weighted by molar-refractivity contribution is 6.13. The molecule has 1 aromatic carbocycles. The highest BCUT2D eigenvalue weighted by Crippen LogP contribution is 2.64. The van der Waals surface area contributed by atoms with E-state index in [1.807, 2.05) is 13.0 Å². The quantitative estimate of drug-likeness (QED) is 0.437. The maximum atomic E-state index is 14.1. The summed E-state index contributed by atoms with van der Waals surface area (Å²) >= 11 is 0. The fourth-order valence-electron chi connectivity index (χ4n) is 8.64. The minimum Gasteiger partial charge on any atom is -0.508 e. The number of carbonyl (C=O) groups is 4. The zero-order valence-corrected chi connectivity index (χ0v) is 23.6. The number of imide groups is 1. The largest absolute Gasteiger partial charge is 0.508 e. The molecule has 0 unspecified atom stereocenters. The molecule has 2 saturated carbocycles. The standard InChI is InChI=1S/C32H37NO7/c1-16-12-23(35)22-15-21-19(10-11-20-26(21)31(38)33(30(20)37)17-8-6-5-7-9-17)28(32(22,2)29(16)36)27-24(39-3)13-18(34)14-25(27)40-4/h10,12-14,17,20-22,26,28,34H,5-9,11,15H2,1-4H3/t20-,21+,22-,26-,28+,32+/m0/s1. The summed E-state index contributed by atoms with van der Waals surface area (Å²) in [6.45, 7) is 3.51. The lowest BCUT2D eigenvalue weighted by atomic mass is 9.47. The number of rotatable bonds is 4. The number of nitrogens with zero attached hydrogens (tertiary/aromatic N) is 1. The number of methoxy groups -OCH3 is 2. The topological polar surface area (TPSA) is 110 Å². The SMILES string of the molecule is COc1cc(O)cc(OC)c1[C@H]1C2=CC[C@@H]3C(=O)N(C4CCCCC4)C(=O)[C@@H]3[C@@H]2C[C@H]2C(=O)C=C(C)C(=O)[C@@]12C. The van der Waals surface area contributed by atoms with E-state index in [9.17, 15) is 24.3 Å². The summed E-state index contributed by atoms with van der Waals surface area (Å²) in [5, 5.41) is 10.4. The molecular weight excluding hydrogens is 510 g/mol. The third-order valence-corrected chi connectivity index (χ3v) is 10.4. The van der Waals surface area contributed by atoms with Gasteiger partial charge in [0.2, 0.25) is 11.8 Å². The van der Waals surface area contributed by atoms with Gasteiger partial charge in [-0.05, 0) is 50.2 Å². The Morgan fingerprint density at radius 1 is 0.950 bits per heavy atom. The van der Waals surface area contributed by atoms with Crippen LogP contribution in [0, 0.1) is 29.1 Å². The Hall–Kier alpha value is -3.42. The maximum Gasteiger partial charge on any atom is 0.233 e. The van der Waals surface area contributed by atoms with Crippen LogP contribution in [0.1, 0.15) is 70.3 Å². The van der Waals surface area contributed by atoms with Gasteiger partial charge in [0.15, 0.2) is 11.6 Å². The molecule has 1 N–H and O–H groups in total. The van der Waals surface area contributed by atoms with E-state index in [0.717, 1.165) is 37.7 Å². The fourth-order valence-corrected chi connectivity index (χ4v) is 8.64. The van der Waals surface area contributed by atoms with Crippen molar-refractivity contribution in [2.75, 3.05) is 14.2 Å². The summed E-state index contributed by atoms with van der Waals surface area (Å²) in [7, 11) is 2.98. The van der Waals surface area contributed by atoms with Gasteiger partial charge in [-0.25, -0.2) is 0 Å². The number of likely N-dealkylation sites (tertiary alicyclic amines) is 1. The van der Waals surface area contributed by atoms with Crippen molar-refractivity contribution in [1.29, 1.82) is 0 Å². The summed E-state index contributed by atoms with van der Waals surface area (Å²) in [5.41, 5.74) is 0.692. The Morgan fingerprint density at radius 3 is 2.23 bits per heavy atom. The molecule has 5 aliphatic rings. The van der Waals surface area contributed by atoms with E-state index < -0.39 is 29.1 Å². The first-order chi connectivity index (χ1) is 19.1. The van der Waals surface area contributed by atoms with Crippen molar-refractivity contribution in [2.24, 2.45) is 29.1 Å². The number of allylic oxidation sites excluding steroid dienone is 4. The lowest BCUT2D eigenvalue weighted by molar-refractivity contribution is -0.144. The van der Waals surface area contributed by atoms with Gasteiger partial charge in [0.25, 0.3) is 0 Å². The average Bonchev–Trinajstić information content (AvgIpc) is 3.21. The molecular formula is C32H37NO7. The van der Waals surface area contributed by atoms with Crippen molar-refractivity contribution in [3.63, 3.8) is 0 Å². The van der Waals surface area contributed by atoms with Crippen molar-refractivity contribution in [2.45, 2.75) is 70.8 Å². The first kappa shape index (κ1) is 26.8. The molecule has 0 aromatic heterocycles. The van der Waals surface area contributed by atoms with E-state index in [-0.39, 0.29) is 41.1 Å². The first-order valence-electron chi connectivity index (χ1n) is 14.4. The summed E-state index contributed by atoms with van der Waals surface area (Å²) in [4.78, 5) is 57.0. The molecule has 2 amide bonds. The highest BCUT2D eigenvalue weighted by atomic mass is 16.5. The maximum absolute atomic E-state index is 14.1. The molecule has 6 atom stereocenters. The predicted molar refractivity (Wildman–Crippen MR) is 146 cm³/mol. The number of hydrogen-bond donors (Lipinski definition) is 1. The van der Waals surface area contributed by atoms with Crippen molar-refractivity contribution < 1.29 is 33.8 Å². The van der Waals surface area contributed by atoms with Gasteiger partial charge in [0, 0.05) is 35.6 Å². The van der Waals surface area contributed by atoms with Gasteiger partial charge in [-0.15, -0.1) is 0 Å². The van der Waals surface area contributed by atoms with Crippen LogP contribution in [0.15, 0.2) is 35.4 Å². The van der Waals surface area contributed by atoms with Crippen LogP contribution in [-0.2, 0) is 19.2 Å². The number of amides is 2. The van der Waals surface area contributed by atoms with Gasteiger partial charge < -0.3 is 14.6 Å². The highest BCUT2D eigenvalue weighted by Gasteiger charge is 2.64. The van der Waals surface area contributed by atoms with Crippen LogP contribution in [0.3, 0.4) is 0 Å². The third-order valence-electron chi connectivity index (χ3n) is 10.4. The van der Waals surface area contributed by atoms with Crippen LogP contribution in [0.2, 0.25) is 0 Å². The second-order valence-corrected chi connectivity index (χ2v) is 12.3. The number of Topliss-reactive ketones (excluding diaryl/α,β-unsaturated/α-hetero) is 1. The Labute approximate surface area is 234 Å². The van der Waals surface area contributed by atoms with Gasteiger partial charge in [-0.3, -0.25) is 24.1 Å². The van der Waals surface area contributed by atoms with Crippen LogP contribution in [0.4, 0.5) is 0 Å². The number of phenols is 1. The van der Waals surface area contributed by atoms with Gasteiger partial charge in [-0.1, -0.05) is 37.8 Å². The Morgan fingerprint density at radius 2 is 1.60 bits per heavy atom. The number of carbonyl (C=O) groups excluding carboxylic acids is 4. The summed E-state index contributed by atoms with van der Waals surface area (Å²) in [5.74, 6) is -2.57. The van der Waals surface area contributed by atoms with E-state index >= 15 is 0 Å². The van der Waals surface area contributed by atoms with Crippen molar-refractivity contribution in [1.82, 2.24) is 4.90 Å². The summed E-state index contributed by atoms with van der Waals surface area (Å²) in [6.07, 6.45) is 9.01. The average molecular weight is 548 g/mol. The van der Waals surface area contributed by atoms with Crippen LogP contribution < -0.4 is 9.47 Å². The van der Waals surface area contributed by atoms with Crippen molar-refractivity contribution >= 4 is 23.4 Å². The monoisotopic (exact) mass is 547 g/mol. The van der Waals surface area contributed by atoms with Crippen LogP contribution >= 0.6 is 0 Å². The Balaban J connectivity index is 1.53. The molecule has 6 rings (SSSR count). The number of hydrogen-bond acceptors (Lipinski definition) is 7. The number of phenolic OH excluding ortho intramolecular Hbond substituents is 1. The van der Waals surface area contributed by atoms with Gasteiger partial charge in [0.1, 0.15) is 17.2 Å². The lowest BCUT2D eigenvalue weighted by Crippen LogP contribution is -2.55. The number of fused-ring (bicyclic) bond motifs is 4. The molecule has 0 spiro atoms. The molecule has 1 heterocycles. The van der Waals surface area contributed by atoms with Crippen LogP contribution in [0.25, 0.3) is 0 Å². The van der Waals surface area contributed by atoms with Crippen molar-refractivity contribution in [3.05, 3.63) is 41.0 Å². The Bertz CT molecular complexity index is 1340. The molecule has 0 radical (unpaired) electrons.